The molecule has 0 aliphatic rings. The maximum absolute atomic E-state index is 3.87. The van der Waals surface area contributed by atoms with E-state index in [1.807, 2.05) is 0 Å². The van der Waals surface area contributed by atoms with Crippen molar-refractivity contribution in [1.82, 2.24) is 0 Å². The highest BCUT2D eigenvalue weighted by atomic mass is 79.9. The van der Waals surface area contributed by atoms with Crippen molar-refractivity contribution < 1.29 is 0 Å². The van der Waals surface area contributed by atoms with Gasteiger partial charge in [0.15, 0.2) is 0 Å². The molecule has 102 valence electrons. The second kappa shape index (κ2) is 5.91. The molecule has 0 fully saturated rings. The summed E-state index contributed by atoms with van der Waals surface area (Å²) in [6, 6.07) is 12.8. The summed E-state index contributed by atoms with van der Waals surface area (Å²) in [5, 5.41) is 3.56. The van der Waals surface area contributed by atoms with E-state index in [9.17, 15) is 0 Å². The van der Waals surface area contributed by atoms with E-state index in [0.717, 1.165) is 4.47 Å². The van der Waals surface area contributed by atoms with E-state index in [1.165, 1.54) is 31.2 Å². The number of fused-ring (bicyclic) bond motifs is 1. The smallest absolute Gasteiger partial charge is 0.0661 e. The first-order valence-electron chi connectivity index (χ1n) is 6.13. The molecule has 0 spiro atoms. The van der Waals surface area contributed by atoms with Crippen LogP contribution in [-0.4, -0.2) is 0 Å². The van der Waals surface area contributed by atoms with Gasteiger partial charge in [0.25, 0.3) is 0 Å². The zero-order valence-electron chi connectivity index (χ0n) is 10.7. The number of benzene rings is 2. The molecule has 0 aliphatic carbocycles. The molecule has 1 aromatic heterocycles. The predicted molar refractivity (Wildman–Crippen MR) is 99.2 cm³/mol. The van der Waals surface area contributed by atoms with Crippen LogP contribution in [0.4, 0.5) is 0 Å². The molecule has 1 heterocycles. The van der Waals surface area contributed by atoms with Crippen LogP contribution >= 0.6 is 59.1 Å². The molecule has 20 heavy (non-hydrogen) atoms. The predicted octanol–water partition coefficient (Wildman–Crippen LogP) is 7.22. The van der Waals surface area contributed by atoms with Gasteiger partial charge in [-0.3, -0.25) is 0 Å². The van der Waals surface area contributed by atoms with Crippen LogP contribution in [-0.2, 0) is 0 Å². The van der Waals surface area contributed by atoms with Gasteiger partial charge in [-0.2, -0.15) is 0 Å². The molecular formula is C16H11Br3S. The lowest BCUT2D eigenvalue weighted by molar-refractivity contribution is 1.16. The van der Waals surface area contributed by atoms with Gasteiger partial charge >= 0.3 is 0 Å². The number of alkyl halides is 1. The van der Waals surface area contributed by atoms with Gasteiger partial charge in [-0.15, -0.1) is 11.3 Å². The minimum Gasteiger partial charge on any atom is -0.142 e. The maximum Gasteiger partial charge on any atom is 0.0661 e. The third kappa shape index (κ3) is 2.63. The number of hydrogen-bond donors (Lipinski definition) is 0. The van der Waals surface area contributed by atoms with Crippen molar-refractivity contribution >= 4 is 69.2 Å². The summed E-state index contributed by atoms with van der Waals surface area (Å²) in [5.41, 5.74) is 3.93. The van der Waals surface area contributed by atoms with Crippen molar-refractivity contribution in [1.29, 1.82) is 0 Å². The maximum atomic E-state index is 3.87. The fourth-order valence-corrected chi connectivity index (χ4v) is 5.52. The van der Waals surface area contributed by atoms with Crippen molar-refractivity contribution in [2.45, 2.75) is 11.8 Å². The Morgan fingerprint density at radius 3 is 2.60 bits per heavy atom. The Morgan fingerprint density at radius 1 is 1.05 bits per heavy atom. The van der Waals surface area contributed by atoms with Gasteiger partial charge in [-0.25, -0.2) is 0 Å². The molecular weight excluding hydrogens is 464 g/mol. The van der Waals surface area contributed by atoms with E-state index in [-0.39, 0.29) is 4.83 Å². The summed E-state index contributed by atoms with van der Waals surface area (Å²) in [6.07, 6.45) is 0. The molecule has 0 amide bonds. The molecule has 3 aromatic rings. The number of thiophene rings is 1. The van der Waals surface area contributed by atoms with Crippen LogP contribution in [0.15, 0.2) is 50.7 Å². The van der Waals surface area contributed by atoms with Crippen LogP contribution in [0.3, 0.4) is 0 Å². The Kier molecular flexibility index (Phi) is 4.37. The standard InChI is InChI=1S/C16H11Br3S/c1-9-7-10(17)5-6-11(9)15(19)13-8-20-16-12(13)3-2-4-14(16)18/h2-8,15H,1H3. The first-order chi connectivity index (χ1) is 9.58. The lowest BCUT2D eigenvalue weighted by Crippen LogP contribution is -1.95. The Hall–Kier alpha value is -0.160. The first kappa shape index (κ1) is 14.8. The van der Waals surface area contributed by atoms with Gasteiger partial charge in [0.05, 0.1) is 4.83 Å². The number of halogens is 3. The van der Waals surface area contributed by atoms with Crippen LogP contribution in [0.1, 0.15) is 21.5 Å². The molecule has 1 atom stereocenters. The Balaban J connectivity index is 2.13. The summed E-state index contributed by atoms with van der Waals surface area (Å²) in [6.45, 7) is 2.15. The van der Waals surface area contributed by atoms with Crippen molar-refractivity contribution in [3.8, 4) is 0 Å². The molecule has 0 radical (unpaired) electrons. The van der Waals surface area contributed by atoms with Crippen molar-refractivity contribution in [3.63, 3.8) is 0 Å². The van der Waals surface area contributed by atoms with Crippen LogP contribution in [0.25, 0.3) is 10.1 Å². The molecule has 0 saturated heterocycles. The number of aryl methyl sites for hydroxylation is 1. The van der Waals surface area contributed by atoms with Crippen molar-refractivity contribution in [2.75, 3.05) is 0 Å². The Labute approximate surface area is 147 Å². The third-order valence-corrected chi connectivity index (χ3v) is 6.81. The van der Waals surface area contributed by atoms with Crippen molar-refractivity contribution in [2.24, 2.45) is 0 Å². The van der Waals surface area contributed by atoms with E-state index < -0.39 is 0 Å². The zero-order valence-corrected chi connectivity index (χ0v) is 16.2. The molecule has 1 unspecified atom stereocenters. The number of rotatable bonds is 2. The molecule has 2 aromatic carbocycles. The molecule has 0 bridgehead atoms. The minimum absolute atomic E-state index is 0.221. The molecule has 0 N–H and O–H groups in total. The lowest BCUT2D eigenvalue weighted by Gasteiger charge is -2.13. The van der Waals surface area contributed by atoms with Crippen LogP contribution < -0.4 is 0 Å². The lowest BCUT2D eigenvalue weighted by atomic mass is 10.0. The average molecular weight is 475 g/mol. The highest BCUT2D eigenvalue weighted by Gasteiger charge is 2.17. The normalized spacial score (nSPS) is 12.8. The third-order valence-electron chi connectivity index (χ3n) is 3.36. The molecule has 0 aliphatic heterocycles. The summed E-state index contributed by atoms with van der Waals surface area (Å²) < 4.78 is 3.59. The fourth-order valence-electron chi connectivity index (χ4n) is 2.33. The SMILES string of the molecule is Cc1cc(Br)ccc1C(Br)c1csc2c(Br)cccc12. The summed E-state index contributed by atoms with van der Waals surface area (Å²) >= 11 is 12.8. The molecule has 3 rings (SSSR count). The first-order valence-corrected chi connectivity index (χ1v) is 9.52. The highest BCUT2D eigenvalue weighted by molar-refractivity contribution is 9.11. The highest BCUT2D eigenvalue weighted by Crippen LogP contribution is 2.42. The fraction of sp³-hybridized carbons (Fsp3) is 0.125. The zero-order chi connectivity index (χ0) is 14.3. The summed E-state index contributed by atoms with van der Waals surface area (Å²) in [4.78, 5) is 0.221. The minimum atomic E-state index is 0.221. The topological polar surface area (TPSA) is 0 Å². The van der Waals surface area contributed by atoms with E-state index in [1.54, 1.807) is 11.3 Å². The van der Waals surface area contributed by atoms with Crippen molar-refractivity contribution in [3.05, 3.63) is 67.4 Å². The van der Waals surface area contributed by atoms with Gasteiger partial charge in [0.1, 0.15) is 0 Å². The summed E-state index contributed by atoms with van der Waals surface area (Å²) in [5.74, 6) is 0. The Morgan fingerprint density at radius 2 is 1.85 bits per heavy atom. The summed E-state index contributed by atoms with van der Waals surface area (Å²) in [7, 11) is 0. The second-order valence-corrected chi connectivity index (χ2v) is 8.24. The molecule has 4 heteroatoms. The molecule has 0 nitrogen and oxygen atoms in total. The van der Waals surface area contributed by atoms with Crippen LogP contribution in [0.2, 0.25) is 0 Å². The quantitative estimate of drug-likeness (QED) is 0.344. The van der Waals surface area contributed by atoms with E-state index in [4.69, 9.17) is 0 Å². The van der Waals surface area contributed by atoms with Gasteiger partial charge < -0.3 is 0 Å². The monoisotopic (exact) mass is 472 g/mol. The largest absolute Gasteiger partial charge is 0.142 e. The van der Waals surface area contributed by atoms with Crippen LogP contribution in [0, 0.1) is 6.92 Å². The second-order valence-electron chi connectivity index (χ2n) is 4.67. The van der Waals surface area contributed by atoms with Gasteiger partial charge in [0.2, 0.25) is 0 Å². The van der Waals surface area contributed by atoms with Gasteiger partial charge in [-0.05, 0) is 68.5 Å². The number of hydrogen-bond acceptors (Lipinski definition) is 1. The molecule has 0 saturated carbocycles. The Bertz CT molecular complexity index is 776. The van der Waals surface area contributed by atoms with Gasteiger partial charge in [0, 0.05) is 13.6 Å². The van der Waals surface area contributed by atoms with E-state index >= 15 is 0 Å². The average Bonchev–Trinajstić information content (AvgIpc) is 2.83. The van der Waals surface area contributed by atoms with Gasteiger partial charge in [-0.1, -0.05) is 50.1 Å². The van der Waals surface area contributed by atoms with E-state index in [0.29, 0.717) is 0 Å². The van der Waals surface area contributed by atoms with Crippen LogP contribution in [0.5, 0.6) is 0 Å². The van der Waals surface area contributed by atoms with E-state index in [2.05, 4.69) is 96.5 Å².